The topological polar surface area (TPSA) is 20.2 Å². The van der Waals surface area contributed by atoms with Crippen molar-refractivity contribution in [2.24, 2.45) is 0 Å². The van der Waals surface area contributed by atoms with Crippen molar-refractivity contribution in [3.63, 3.8) is 0 Å². The van der Waals surface area contributed by atoms with E-state index in [-0.39, 0.29) is 0 Å². The summed E-state index contributed by atoms with van der Waals surface area (Å²) in [6.07, 6.45) is 31.2. The largest absolute Gasteiger partial charge is 0.516 e. The second kappa shape index (κ2) is 22.5. The van der Waals surface area contributed by atoms with Gasteiger partial charge in [0.2, 0.25) is 0 Å². The standard InChI is InChI=1S/C23H46O/c1-2-3-4-5-6-7-8-9-10-11-12-13-14-15-16-17-18-19-20-21-22-23-24/h22-24H,2-21H2,1H3/b23-22+. The lowest BCUT2D eigenvalue weighted by atomic mass is 10.0. The molecule has 0 aliphatic rings. The lowest BCUT2D eigenvalue weighted by Crippen LogP contribution is -1.84. The van der Waals surface area contributed by atoms with Gasteiger partial charge in [-0.05, 0) is 12.8 Å². The fourth-order valence-electron chi connectivity index (χ4n) is 3.42. The van der Waals surface area contributed by atoms with Gasteiger partial charge in [0.1, 0.15) is 0 Å². The van der Waals surface area contributed by atoms with E-state index < -0.39 is 0 Å². The first-order valence-electron chi connectivity index (χ1n) is 11.2. The number of rotatable bonds is 20. The predicted octanol–water partition coefficient (Wildman–Crippen LogP) is 8.88. The third-order valence-corrected chi connectivity index (χ3v) is 5.08. The lowest BCUT2D eigenvalue weighted by molar-refractivity contribution is 0.469. The fraction of sp³-hybridized carbons (Fsp3) is 0.913. The van der Waals surface area contributed by atoms with Gasteiger partial charge in [-0.3, -0.25) is 0 Å². The van der Waals surface area contributed by atoms with Crippen LogP contribution in [0.1, 0.15) is 135 Å². The van der Waals surface area contributed by atoms with Crippen LogP contribution < -0.4 is 0 Å². The van der Waals surface area contributed by atoms with Gasteiger partial charge in [-0.1, -0.05) is 129 Å². The molecule has 0 rings (SSSR count). The summed E-state index contributed by atoms with van der Waals surface area (Å²) < 4.78 is 0. The van der Waals surface area contributed by atoms with E-state index in [0.717, 1.165) is 6.42 Å². The fourth-order valence-corrected chi connectivity index (χ4v) is 3.42. The smallest absolute Gasteiger partial charge is 0.0751 e. The van der Waals surface area contributed by atoms with Crippen LogP contribution in [-0.2, 0) is 0 Å². The van der Waals surface area contributed by atoms with Crippen molar-refractivity contribution in [1.29, 1.82) is 0 Å². The van der Waals surface area contributed by atoms with E-state index in [1.165, 1.54) is 128 Å². The Morgan fingerprint density at radius 3 is 1.04 bits per heavy atom. The van der Waals surface area contributed by atoms with E-state index >= 15 is 0 Å². The highest BCUT2D eigenvalue weighted by molar-refractivity contribution is 4.70. The summed E-state index contributed by atoms with van der Waals surface area (Å²) >= 11 is 0. The normalized spacial score (nSPS) is 11.5. The molecule has 1 heteroatoms. The van der Waals surface area contributed by atoms with E-state index in [0.29, 0.717) is 0 Å². The van der Waals surface area contributed by atoms with Gasteiger partial charge < -0.3 is 5.11 Å². The average Bonchev–Trinajstić information content (AvgIpc) is 2.60. The number of unbranched alkanes of at least 4 members (excludes halogenated alkanes) is 19. The van der Waals surface area contributed by atoms with E-state index in [2.05, 4.69) is 6.92 Å². The summed E-state index contributed by atoms with van der Waals surface area (Å²) in [5, 5.41) is 8.54. The maximum Gasteiger partial charge on any atom is 0.0751 e. The molecule has 0 aliphatic heterocycles. The molecule has 0 aromatic rings. The highest BCUT2D eigenvalue weighted by Gasteiger charge is 1.95. The summed E-state index contributed by atoms with van der Waals surface area (Å²) in [4.78, 5) is 0. The molecule has 0 radical (unpaired) electrons. The molecule has 1 nitrogen and oxygen atoms in total. The Labute approximate surface area is 153 Å². The van der Waals surface area contributed by atoms with Crippen molar-refractivity contribution in [2.75, 3.05) is 0 Å². The summed E-state index contributed by atoms with van der Waals surface area (Å²) in [5.74, 6) is 0. The van der Waals surface area contributed by atoms with Gasteiger partial charge in [-0.15, -0.1) is 0 Å². The molecule has 0 heterocycles. The molecular weight excluding hydrogens is 292 g/mol. The first-order chi connectivity index (χ1) is 11.9. The van der Waals surface area contributed by atoms with E-state index in [4.69, 9.17) is 5.11 Å². The van der Waals surface area contributed by atoms with Gasteiger partial charge in [0.25, 0.3) is 0 Å². The minimum atomic E-state index is 1.04. The molecule has 1 N–H and O–H groups in total. The van der Waals surface area contributed by atoms with E-state index in [1.807, 2.05) is 6.08 Å². The van der Waals surface area contributed by atoms with Crippen molar-refractivity contribution in [2.45, 2.75) is 135 Å². The zero-order valence-electron chi connectivity index (χ0n) is 16.7. The van der Waals surface area contributed by atoms with Crippen LogP contribution in [-0.4, -0.2) is 5.11 Å². The van der Waals surface area contributed by atoms with Gasteiger partial charge >= 0.3 is 0 Å². The van der Waals surface area contributed by atoms with Gasteiger partial charge in [0, 0.05) is 0 Å². The third kappa shape index (κ3) is 21.5. The Kier molecular flexibility index (Phi) is 22.1. The van der Waals surface area contributed by atoms with Crippen LogP contribution >= 0.6 is 0 Å². The molecule has 0 saturated heterocycles. The Morgan fingerprint density at radius 1 is 0.458 bits per heavy atom. The van der Waals surface area contributed by atoms with Crippen LogP contribution in [0.5, 0.6) is 0 Å². The van der Waals surface area contributed by atoms with Crippen LogP contribution in [0.25, 0.3) is 0 Å². The molecule has 24 heavy (non-hydrogen) atoms. The molecule has 0 aromatic heterocycles. The van der Waals surface area contributed by atoms with E-state index in [1.54, 1.807) is 0 Å². The van der Waals surface area contributed by atoms with Crippen molar-refractivity contribution in [3.8, 4) is 0 Å². The highest BCUT2D eigenvalue weighted by atomic mass is 16.2. The summed E-state index contributed by atoms with van der Waals surface area (Å²) in [7, 11) is 0. The lowest BCUT2D eigenvalue weighted by Gasteiger charge is -2.03. The maximum absolute atomic E-state index is 8.54. The zero-order chi connectivity index (χ0) is 17.6. The van der Waals surface area contributed by atoms with Crippen molar-refractivity contribution in [1.82, 2.24) is 0 Å². The van der Waals surface area contributed by atoms with Crippen LogP contribution in [0.15, 0.2) is 12.3 Å². The van der Waals surface area contributed by atoms with Gasteiger partial charge in [0.05, 0.1) is 6.26 Å². The SMILES string of the molecule is CCCCCCCCCCCCCCCCCCCCC/C=C/O. The molecule has 0 bridgehead atoms. The van der Waals surface area contributed by atoms with Crippen LogP contribution in [0, 0.1) is 0 Å². The Balaban J connectivity index is 2.95. The second-order valence-electron chi connectivity index (χ2n) is 7.54. The summed E-state index contributed by atoms with van der Waals surface area (Å²) in [6.45, 7) is 2.29. The molecular formula is C23H46O. The number of hydrogen-bond donors (Lipinski definition) is 1. The minimum absolute atomic E-state index is 1.04. The Bertz CT molecular complexity index is 234. The molecule has 144 valence electrons. The number of hydrogen-bond acceptors (Lipinski definition) is 1. The first-order valence-corrected chi connectivity index (χ1v) is 11.2. The van der Waals surface area contributed by atoms with Gasteiger partial charge in [0.15, 0.2) is 0 Å². The molecule has 0 aliphatic carbocycles. The number of aliphatic hydroxyl groups excluding tert-OH is 1. The third-order valence-electron chi connectivity index (χ3n) is 5.08. The second-order valence-corrected chi connectivity index (χ2v) is 7.54. The Morgan fingerprint density at radius 2 is 0.750 bits per heavy atom. The van der Waals surface area contributed by atoms with Crippen LogP contribution in [0.2, 0.25) is 0 Å². The number of aliphatic hydroxyl groups is 1. The zero-order valence-corrected chi connectivity index (χ0v) is 16.7. The van der Waals surface area contributed by atoms with E-state index in [9.17, 15) is 0 Å². The molecule has 0 fully saturated rings. The summed E-state index contributed by atoms with van der Waals surface area (Å²) in [5.41, 5.74) is 0. The molecule has 0 saturated carbocycles. The quantitative estimate of drug-likeness (QED) is 0.173. The predicted molar refractivity (Wildman–Crippen MR) is 110 cm³/mol. The molecule has 0 aromatic carbocycles. The molecule has 0 spiro atoms. The van der Waals surface area contributed by atoms with Gasteiger partial charge in [-0.25, -0.2) is 0 Å². The summed E-state index contributed by atoms with van der Waals surface area (Å²) in [6, 6.07) is 0. The molecule has 0 atom stereocenters. The molecule has 0 amide bonds. The number of allylic oxidation sites excluding steroid dienone is 1. The van der Waals surface area contributed by atoms with Gasteiger partial charge in [-0.2, -0.15) is 0 Å². The highest BCUT2D eigenvalue weighted by Crippen LogP contribution is 2.14. The van der Waals surface area contributed by atoms with Crippen LogP contribution in [0.3, 0.4) is 0 Å². The van der Waals surface area contributed by atoms with Crippen molar-refractivity contribution >= 4 is 0 Å². The average molecular weight is 339 g/mol. The first kappa shape index (κ1) is 23.5. The van der Waals surface area contributed by atoms with Crippen molar-refractivity contribution in [3.05, 3.63) is 12.3 Å². The Hall–Kier alpha value is -0.460. The van der Waals surface area contributed by atoms with Crippen molar-refractivity contribution < 1.29 is 5.11 Å². The van der Waals surface area contributed by atoms with Crippen LogP contribution in [0.4, 0.5) is 0 Å². The maximum atomic E-state index is 8.54. The monoisotopic (exact) mass is 338 g/mol. The minimum Gasteiger partial charge on any atom is -0.516 e. The molecule has 0 unspecified atom stereocenters.